The Hall–Kier alpha value is -1.42. The summed E-state index contributed by atoms with van der Waals surface area (Å²) < 4.78 is 4.93. The molecule has 1 fully saturated rings. The van der Waals surface area contributed by atoms with Crippen molar-refractivity contribution in [1.29, 1.82) is 0 Å². The fraction of sp³-hybridized carbons (Fsp3) is 0.900. The molecule has 2 unspecified atom stereocenters. The van der Waals surface area contributed by atoms with Gasteiger partial charge >= 0.3 is 5.97 Å². The third-order valence-electron chi connectivity index (χ3n) is 3.34. The highest BCUT2D eigenvalue weighted by Crippen LogP contribution is 2.33. The van der Waals surface area contributed by atoms with E-state index in [0.29, 0.717) is 0 Å². The van der Waals surface area contributed by atoms with Gasteiger partial charge in [0.05, 0.1) is 24.9 Å². The Morgan fingerprint density at radius 2 is 2.20 bits per heavy atom. The highest BCUT2D eigenvalue weighted by Gasteiger charge is 2.51. The van der Waals surface area contributed by atoms with Crippen molar-refractivity contribution in [3.05, 3.63) is 10.4 Å². The van der Waals surface area contributed by atoms with Crippen LogP contribution >= 0.6 is 0 Å². The maximum absolute atomic E-state index is 10.9. The number of ether oxygens (including phenoxy) is 1. The van der Waals surface area contributed by atoms with Crippen molar-refractivity contribution < 1.29 is 35.1 Å². The van der Waals surface area contributed by atoms with Gasteiger partial charge in [-0.05, 0) is 5.53 Å². The number of azide groups is 1. The molecule has 0 aromatic heterocycles. The average molecular weight is 291 g/mol. The lowest BCUT2D eigenvalue weighted by Gasteiger charge is -2.43. The lowest BCUT2D eigenvalue weighted by molar-refractivity contribution is -0.301. The third-order valence-corrected chi connectivity index (χ3v) is 3.34. The number of carboxylic acids is 1. The van der Waals surface area contributed by atoms with Gasteiger partial charge in [-0.1, -0.05) is 12.0 Å². The van der Waals surface area contributed by atoms with Gasteiger partial charge in [-0.15, -0.1) is 0 Å². The molecule has 20 heavy (non-hydrogen) atoms. The number of hydrogen-bond donors (Lipinski definition) is 5. The fourth-order valence-corrected chi connectivity index (χ4v) is 2.03. The van der Waals surface area contributed by atoms with Gasteiger partial charge in [0.15, 0.2) is 0 Å². The van der Waals surface area contributed by atoms with Gasteiger partial charge in [0, 0.05) is 17.3 Å². The number of aliphatic hydroxyl groups is 4. The van der Waals surface area contributed by atoms with E-state index < -0.39 is 55.1 Å². The Morgan fingerprint density at radius 1 is 1.60 bits per heavy atom. The summed E-state index contributed by atoms with van der Waals surface area (Å²) >= 11 is 0. The van der Waals surface area contributed by atoms with E-state index in [0.717, 1.165) is 0 Å². The lowest BCUT2D eigenvalue weighted by Crippen LogP contribution is -2.60. The van der Waals surface area contributed by atoms with E-state index in [2.05, 4.69) is 10.0 Å². The summed E-state index contributed by atoms with van der Waals surface area (Å²) in [5.74, 6) is -5.08. The van der Waals surface area contributed by atoms with Crippen LogP contribution in [0.4, 0.5) is 0 Å². The summed E-state index contributed by atoms with van der Waals surface area (Å²) in [5.41, 5.74) is 8.13. The number of nitrogens with zero attached hydrogens (tertiary/aromatic N) is 3. The molecule has 0 amide bonds. The molecule has 6 atom stereocenters. The normalized spacial score (nSPS) is 36.8. The second kappa shape index (κ2) is 6.35. The molecule has 1 heterocycles. The zero-order chi connectivity index (χ0) is 15.5. The first-order valence-corrected chi connectivity index (χ1v) is 5.91. The minimum Gasteiger partial charge on any atom is -0.477 e. The summed E-state index contributed by atoms with van der Waals surface area (Å²) in [5, 5.41) is 51.0. The van der Waals surface area contributed by atoms with E-state index in [1.807, 2.05) is 0 Å². The van der Waals surface area contributed by atoms with E-state index in [1.54, 1.807) is 0 Å². The van der Waals surface area contributed by atoms with E-state index in [4.69, 9.17) is 15.4 Å². The van der Waals surface area contributed by atoms with Crippen LogP contribution in [0.2, 0.25) is 0 Å². The van der Waals surface area contributed by atoms with Gasteiger partial charge in [-0.25, -0.2) is 4.79 Å². The summed E-state index contributed by atoms with van der Waals surface area (Å²) in [6.45, 7) is 1.02. The maximum atomic E-state index is 10.9. The molecule has 0 aromatic carbocycles. The Bertz CT molecular complexity index is 414. The van der Waals surface area contributed by atoms with E-state index in [9.17, 15) is 25.2 Å². The summed E-state index contributed by atoms with van der Waals surface area (Å²) in [6, 6.07) is 0. The molecule has 114 valence electrons. The molecule has 10 heteroatoms. The largest absolute Gasteiger partial charge is 0.477 e. The average Bonchev–Trinajstić information content (AvgIpc) is 2.39. The summed E-state index contributed by atoms with van der Waals surface area (Å²) in [4.78, 5) is 13.4. The number of aliphatic carboxylic acids is 1. The van der Waals surface area contributed by atoms with Crippen LogP contribution in [0.15, 0.2) is 5.11 Å². The zero-order valence-electron chi connectivity index (χ0n) is 10.7. The summed E-state index contributed by atoms with van der Waals surface area (Å²) in [6.07, 6.45) is -6.27. The number of carbonyl (C=O) groups is 1. The van der Waals surface area contributed by atoms with E-state index >= 15 is 0 Å². The van der Waals surface area contributed by atoms with Crippen molar-refractivity contribution in [2.45, 2.75) is 43.5 Å². The highest BCUT2D eigenvalue weighted by atomic mass is 16.7. The van der Waals surface area contributed by atoms with Gasteiger partial charge in [-0.2, -0.15) is 0 Å². The summed E-state index contributed by atoms with van der Waals surface area (Å²) in [7, 11) is 0. The SMILES string of the molecule is C[C@H]1C([C@H](O)[C@H](O)CN=[N+]=[N-])OC(O)(C(=O)O)C[C@H]1O. The fourth-order valence-electron chi connectivity index (χ4n) is 2.03. The van der Waals surface area contributed by atoms with Crippen molar-refractivity contribution in [3.8, 4) is 0 Å². The first kappa shape index (κ1) is 16.6. The molecule has 1 rings (SSSR count). The molecule has 5 N–H and O–H groups in total. The van der Waals surface area contributed by atoms with Crippen molar-refractivity contribution >= 4 is 5.97 Å². The number of carboxylic acid groups (broad SMARTS) is 1. The number of hydrogen-bond acceptors (Lipinski definition) is 7. The smallest absolute Gasteiger partial charge is 0.364 e. The Labute approximate surface area is 113 Å². The standard InChI is InChI=1S/C10H17N3O7/c1-4-5(14)2-10(19,9(17)18)20-8(4)7(16)6(15)3-12-13-11/h4-8,14-16,19H,2-3H2,1H3,(H,17,18)/t4-,5-,6-,7-,8?,10?/m1/s1. The number of aliphatic hydroxyl groups excluding tert-OH is 3. The van der Waals surface area contributed by atoms with Crippen LogP contribution in [0.5, 0.6) is 0 Å². The van der Waals surface area contributed by atoms with Crippen LogP contribution < -0.4 is 0 Å². The highest BCUT2D eigenvalue weighted by molar-refractivity contribution is 5.75. The van der Waals surface area contributed by atoms with Gasteiger partial charge in [0.25, 0.3) is 5.79 Å². The Kier molecular flexibility index (Phi) is 5.28. The molecule has 0 saturated carbocycles. The first-order valence-electron chi connectivity index (χ1n) is 5.91. The molecule has 0 aliphatic carbocycles. The van der Waals surface area contributed by atoms with Crippen molar-refractivity contribution in [2.24, 2.45) is 11.0 Å². The van der Waals surface area contributed by atoms with E-state index in [1.165, 1.54) is 6.92 Å². The van der Waals surface area contributed by atoms with Crippen LogP contribution in [-0.2, 0) is 9.53 Å². The molecule has 1 saturated heterocycles. The molecule has 0 radical (unpaired) electrons. The minimum absolute atomic E-state index is 0.453. The van der Waals surface area contributed by atoms with Crippen LogP contribution in [0, 0.1) is 5.92 Å². The second-order valence-electron chi connectivity index (χ2n) is 4.77. The molecule has 1 aliphatic heterocycles. The maximum Gasteiger partial charge on any atom is 0.364 e. The molecular weight excluding hydrogens is 274 g/mol. The predicted octanol–water partition coefficient (Wildman–Crippen LogP) is -1.42. The molecule has 1 aliphatic rings. The van der Waals surface area contributed by atoms with Gasteiger partial charge in [0.1, 0.15) is 6.10 Å². The molecule has 10 nitrogen and oxygen atoms in total. The minimum atomic E-state index is -2.64. The molecule has 0 spiro atoms. The van der Waals surface area contributed by atoms with Crippen molar-refractivity contribution in [1.82, 2.24) is 0 Å². The quantitative estimate of drug-likeness (QED) is 0.234. The van der Waals surface area contributed by atoms with Crippen molar-refractivity contribution in [2.75, 3.05) is 6.54 Å². The molecular formula is C10H17N3O7. The monoisotopic (exact) mass is 291 g/mol. The first-order chi connectivity index (χ1) is 9.23. The predicted molar refractivity (Wildman–Crippen MR) is 63.3 cm³/mol. The number of rotatable bonds is 5. The van der Waals surface area contributed by atoms with Crippen molar-refractivity contribution in [3.63, 3.8) is 0 Å². The van der Waals surface area contributed by atoms with Crippen LogP contribution in [0.3, 0.4) is 0 Å². The topological polar surface area (TPSA) is 176 Å². The van der Waals surface area contributed by atoms with Crippen LogP contribution in [-0.4, -0.2) is 68.2 Å². The molecule has 0 aromatic rings. The third kappa shape index (κ3) is 3.37. The van der Waals surface area contributed by atoms with E-state index in [-0.39, 0.29) is 0 Å². The Morgan fingerprint density at radius 3 is 2.70 bits per heavy atom. The zero-order valence-corrected chi connectivity index (χ0v) is 10.7. The van der Waals surface area contributed by atoms with Crippen LogP contribution in [0.1, 0.15) is 13.3 Å². The Balaban J connectivity index is 2.90. The van der Waals surface area contributed by atoms with Gasteiger partial charge in [0.2, 0.25) is 0 Å². The second-order valence-corrected chi connectivity index (χ2v) is 4.77. The lowest BCUT2D eigenvalue weighted by atomic mass is 9.84. The van der Waals surface area contributed by atoms with Crippen LogP contribution in [0.25, 0.3) is 10.4 Å². The van der Waals surface area contributed by atoms with Gasteiger partial charge < -0.3 is 30.3 Å². The van der Waals surface area contributed by atoms with Gasteiger partial charge in [-0.3, -0.25) is 0 Å². The molecule has 0 bridgehead atoms.